The molecule has 160 valence electrons. The van der Waals surface area contributed by atoms with E-state index in [1.807, 2.05) is 0 Å². The Hall–Kier alpha value is -1.03. The summed E-state index contributed by atoms with van der Waals surface area (Å²) in [6, 6.07) is 7.20. The van der Waals surface area contributed by atoms with Gasteiger partial charge in [-0.3, -0.25) is 0 Å². The summed E-state index contributed by atoms with van der Waals surface area (Å²) in [6.45, 7) is 7.79. The van der Waals surface area contributed by atoms with Crippen LogP contribution in [0.2, 0.25) is 5.02 Å². The predicted molar refractivity (Wildman–Crippen MR) is 125 cm³/mol. The van der Waals surface area contributed by atoms with E-state index in [0.717, 1.165) is 49.3 Å². The number of nitrogens with zero attached hydrogens (tertiary/aromatic N) is 1. The van der Waals surface area contributed by atoms with Gasteiger partial charge >= 0.3 is 0 Å². The molecule has 1 saturated heterocycles. The van der Waals surface area contributed by atoms with Gasteiger partial charge in [0.25, 0.3) is 0 Å². The standard InChI is InChI=1S/C25H38ClN3/c1-17(2)18-5-8-21(9-6-18)29-24-10-7-20(26)16-23(24)22(4-3-13-27)25(29)19-11-14-28-15-12-19/h7,10,16-19,21,28H,3-6,8-9,11-15,27H2,1-2H3. The Morgan fingerprint density at radius 2 is 1.83 bits per heavy atom. The SMILES string of the molecule is CC(C)C1CCC(n2c(C3CCNCC3)c(CCCN)c3cc(Cl)ccc32)CC1. The highest BCUT2D eigenvalue weighted by Gasteiger charge is 2.31. The number of piperidine rings is 1. The van der Waals surface area contributed by atoms with Gasteiger partial charge in [0, 0.05) is 33.6 Å². The molecule has 2 aromatic rings. The molecule has 0 radical (unpaired) electrons. The first-order chi connectivity index (χ1) is 14.1. The fourth-order valence-corrected chi connectivity index (χ4v) is 6.05. The van der Waals surface area contributed by atoms with Gasteiger partial charge < -0.3 is 15.6 Å². The first-order valence-corrected chi connectivity index (χ1v) is 12.2. The molecule has 3 N–H and O–H groups in total. The third-order valence-electron chi connectivity index (χ3n) is 7.52. The van der Waals surface area contributed by atoms with Gasteiger partial charge in [0.05, 0.1) is 0 Å². The highest BCUT2D eigenvalue weighted by Crippen LogP contribution is 2.44. The maximum atomic E-state index is 6.47. The van der Waals surface area contributed by atoms with Crippen LogP contribution in [0.3, 0.4) is 0 Å². The molecule has 1 aliphatic carbocycles. The van der Waals surface area contributed by atoms with Crippen LogP contribution in [0.25, 0.3) is 10.9 Å². The van der Waals surface area contributed by atoms with Gasteiger partial charge in [-0.2, -0.15) is 0 Å². The minimum Gasteiger partial charge on any atom is -0.341 e. The lowest BCUT2D eigenvalue weighted by atomic mass is 9.79. The summed E-state index contributed by atoms with van der Waals surface area (Å²) >= 11 is 6.47. The molecule has 1 aromatic heterocycles. The molecular weight excluding hydrogens is 378 g/mol. The first-order valence-electron chi connectivity index (χ1n) is 11.8. The van der Waals surface area contributed by atoms with Gasteiger partial charge in [-0.1, -0.05) is 25.4 Å². The molecule has 0 amide bonds. The van der Waals surface area contributed by atoms with E-state index in [4.69, 9.17) is 17.3 Å². The second kappa shape index (κ2) is 9.41. The molecule has 2 heterocycles. The molecule has 1 aliphatic heterocycles. The van der Waals surface area contributed by atoms with Crippen LogP contribution >= 0.6 is 11.6 Å². The quantitative estimate of drug-likeness (QED) is 0.603. The van der Waals surface area contributed by atoms with Crippen molar-refractivity contribution < 1.29 is 0 Å². The van der Waals surface area contributed by atoms with Gasteiger partial charge in [-0.15, -0.1) is 0 Å². The molecule has 2 aliphatic rings. The molecule has 3 nitrogen and oxygen atoms in total. The van der Waals surface area contributed by atoms with Crippen molar-refractivity contribution in [2.24, 2.45) is 17.6 Å². The number of benzene rings is 1. The summed E-state index contributed by atoms with van der Waals surface area (Å²) < 4.78 is 2.77. The highest BCUT2D eigenvalue weighted by atomic mass is 35.5. The Bertz CT molecular complexity index is 811. The second-order valence-corrected chi connectivity index (χ2v) is 10.1. The van der Waals surface area contributed by atoms with E-state index in [1.54, 1.807) is 5.69 Å². The van der Waals surface area contributed by atoms with Crippen LogP contribution in [0.5, 0.6) is 0 Å². The number of aromatic nitrogens is 1. The number of hydrogen-bond acceptors (Lipinski definition) is 2. The molecule has 4 heteroatoms. The Balaban J connectivity index is 1.80. The molecule has 1 saturated carbocycles. The van der Waals surface area contributed by atoms with E-state index in [1.165, 1.54) is 55.0 Å². The van der Waals surface area contributed by atoms with E-state index >= 15 is 0 Å². The molecule has 0 atom stereocenters. The summed E-state index contributed by atoms with van der Waals surface area (Å²) in [7, 11) is 0. The number of halogens is 1. The lowest BCUT2D eigenvalue weighted by Gasteiger charge is -2.35. The normalized spacial score (nSPS) is 23.9. The zero-order chi connectivity index (χ0) is 20.4. The number of rotatable bonds is 6. The average molecular weight is 416 g/mol. The van der Waals surface area contributed by atoms with Crippen LogP contribution in [-0.4, -0.2) is 24.2 Å². The van der Waals surface area contributed by atoms with Gasteiger partial charge in [-0.05, 0) is 107 Å². The first kappa shape index (κ1) is 21.2. The van der Waals surface area contributed by atoms with Crippen LogP contribution < -0.4 is 11.1 Å². The van der Waals surface area contributed by atoms with Crippen molar-refractivity contribution in [1.29, 1.82) is 0 Å². The molecule has 4 rings (SSSR count). The highest BCUT2D eigenvalue weighted by molar-refractivity contribution is 6.31. The van der Waals surface area contributed by atoms with Gasteiger partial charge in [-0.25, -0.2) is 0 Å². The molecular formula is C25H38ClN3. The van der Waals surface area contributed by atoms with Crippen LogP contribution in [0.1, 0.15) is 82.0 Å². The molecule has 2 fully saturated rings. The van der Waals surface area contributed by atoms with Gasteiger partial charge in [0.15, 0.2) is 0 Å². The van der Waals surface area contributed by atoms with Crippen molar-refractivity contribution in [1.82, 2.24) is 9.88 Å². The minimum absolute atomic E-state index is 0.630. The van der Waals surface area contributed by atoms with Crippen LogP contribution in [0.4, 0.5) is 0 Å². The van der Waals surface area contributed by atoms with Crippen molar-refractivity contribution in [3.8, 4) is 0 Å². The number of nitrogens with one attached hydrogen (secondary N) is 1. The Morgan fingerprint density at radius 3 is 2.48 bits per heavy atom. The summed E-state index contributed by atoms with van der Waals surface area (Å²) in [4.78, 5) is 0. The number of hydrogen-bond donors (Lipinski definition) is 2. The maximum Gasteiger partial charge on any atom is 0.0489 e. The molecule has 29 heavy (non-hydrogen) atoms. The lowest BCUT2D eigenvalue weighted by molar-refractivity contribution is 0.224. The number of aryl methyl sites for hydroxylation is 1. The summed E-state index contributed by atoms with van der Waals surface area (Å²) in [5.74, 6) is 2.35. The van der Waals surface area contributed by atoms with Gasteiger partial charge in [0.2, 0.25) is 0 Å². The van der Waals surface area contributed by atoms with E-state index < -0.39 is 0 Å². The molecule has 0 unspecified atom stereocenters. The smallest absolute Gasteiger partial charge is 0.0489 e. The minimum atomic E-state index is 0.630. The van der Waals surface area contributed by atoms with Crippen LogP contribution in [0, 0.1) is 11.8 Å². The Kier molecular flexibility index (Phi) is 6.88. The Labute approximate surface area is 181 Å². The largest absolute Gasteiger partial charge is 0.341 e. The predicted octanol–water partition coefficient (Wildman–Crippen LogP) is 6.04. The summed E-state index contributed by atoms with van der Waals surface area (Å²) in [5, 5.41) is 5.79. The fraction of sp³-hybridized carbons (Fsp3) is 0.680. The maximum absolute atomic E-state index is 6.47. The van der Waals surface area contributed by atoms with Crippen LogP contribution in [0.15, 0.2) is 18.2 Å². The molecule has 0 spiro atoms. The number of fused-ring (bicyclic) bond motifs is 1. The fourth-order valence-electron chi connectivity index (χ4n) is 5.87. The third kappa shape index (κ3) is 4.38. The van der Waals surface area contributed by atoms with Crippen molar-refractivity contribution in [3.63, 3.8) is 0 Å². The summed E-state index contributed by atoms with van der Waals surface area (Å²) in [5.41, 5.74) is 10.5. The lowest BCUT2D eigenvalue weighted by Crippen LogP contribution is -2.29. The topological polar surface area (TPSA) is 43.0 Å². The third-order valence-corrected chi connectivity index (χ3v) is 7.75. The van der Waals surface area contributed by atoms with E-state index in [0.29, 0.717) is 12.0 Å². The van der Waals surface area contributed by atoms with Crippen molar-refractivity contribution in [2.45, 2.75) is 77.2 Å². The van der Waals surface area contributed by atoms with Crippen molar-refractivity contribution in [2.75, 3.05) is 19.6 Å². The average Bonchev–Trinajstić information content (AvgIpc) is 3.06. The van der Waals surface area contributed by atoms with Crippen molar-refractivity contribution in [3.05, 3.63) is 34.5 Å². The van der Waals surface area contributed by atoms with Crippen LogP contribution in [-0.2, 0) is 6.42 Å². The monoisotopic (exact) mass is 415 g/mol. The molecule has 1 aromatic carbocycles. The van der Waals surface area contributed by atoms with Crippen molar-refractivity contribution >= 4 is 22.5 Å². The Morgan fingerprint density at radius 1 is 1.10 bits per heavy atom. The second-order valence-electron chi connectivity index (χ2n) is 9.62. The number of nitrogens with two attached hydrogens (primary N) is 1. The molecule has 0 bridgehead atoms. The summed E-state index contributed by atoms with van der Waals surface area (Å²) in [6.07, 6.45) is 9.93. The zero-order valence-electron chi connectivity index (χ0n) is 18.2. The van der Waals surface area contributed by atoms with E-state index in [2.05, 4.69) is 41.9 Å². The van der Waals surface area contributed by atoms with E-state index in [9.17, 15) is 0 Å². The van der Waals surface area contributed by atoms with Gasteiger partial charge in [0.1, 0.15) is 0 Å². The zero-order valence-corrected chi connectivity index (χ0v) is 19.0. The van der Waals surface area contributed by atoms with E-state index in [-0.39, 0.29) is 0 Å².